The number of fused-ring (bicyclic) bond motifs is 1. The number of hydrogen-bond acceptors (Lipinski definition) is 5. The van der Waals surface area contributed by atoms with Gasteiger partial charge in [-0.2, -0.15) is 0 Å². The van der Waals surface area contributed by atoms with Crippen LogP contribution in [0, 0.1) is 0 Å². The van der Waals surface area contributed by atoms with Crippen molar-refractivity contribution < 1.29 is 14.2 Å². The normalized spacial score (nSPS) is 18.9. The molecule has 0 spiro atoms. The van der Waals surface area contributed by atoms with E-state index in [1.807, 2.05) is 18.2 Å². The van der Waals surface area contributed by atoms with Crippen molar-refractivity contribution in [2.45, 2.75) is 32.5 Å². The maximum atomic E-state index is 5.78. The van der Waals surface area contributed by atoms with Crippen molar-refractivity contribution >= 4 is 35.6 Å². The Balaban J connectivity index is 0.00000289. The van der Waals surface area contributed by atoms with Crippen molar-refractivity contribution in [3.8, 4) is 11.5 Å². The predicted octanol–water partition coefficient (Wildman–Crippen LogP) is 3.87. The highest BCUT2D eigenvalue weighted by molar-refractivity contribution is 14.0. The van der Waals surface area contributed by atoms with E-state index in [9.17, 15) is 0 Å². The van der Waals surface area contributed by atoms with Crippen molar-refractivity contribution in [2.75, 3.05) is 45.3 Å². The number of halogens is 1. The molecule has 0 aromatic heterocycles. The van der Waals surface area contributed by atoms with Gasteiger partial charge < -0.3 is 24.8 Å². The van der Waals surface area contributed by atoms with Crippen molar-refractivity contribution in [3.63, 3.8) is 0 Å². The summed E-state index contributed by atoms with van der Waals surface area (Å²) in [6, 6.07) is 14.6. The molecule has 7 nitrogen and oxygen atoms in total. The lowest BCUT2D eigenvalue weighted by atomic mass is 10.1. The van der Waals surface area contributed by atoms with Crippen LogP contribution in [0.1, 0.15) is 24.5 Å². The largest absolute Gasteiger partial charge is 0.490 e. The molecule has 1 saturated heterocycles. The summed E-state index contributed by atoms with van der Waals surface area (Å²) in [5.41, 5.74) is 3.45. The first-order valence-corrected chi connectivity index (χ1v) is 11.0. The first-order chi connectivity index (χ1) is 15.2. The molecule has 2 heterocycles. The third-order valence-corrected chi connectivity index (χ3v) is 5.42. The fourth-order valence-electron chi connectivity index (χ4n) is 3.87. The van der Waals surface area contributed by atoms with Gasteiger partial charge in [0.1, 0.15) is 0 Å². The molecule has 1 fully saturated rings. The molecule has 1 atom stereocenters. The van der Waals surface area contributed by atoms with Gasteiger partial charge in [0, 0.05) is 51.4 Å². The Morgan fingerprint density at radius 3 is 2.69 bits per heavy atom. The van der Waals surface area contributed by atoms with Crippen LogP contribution in [0.3, 0.4) is 0 Å². The molecule has 174 valence electrons. The van der Waals surface area contributed by atoms with Crippen LogP contribution in [0.25, 0.3) is 0 Å². The molecule has 0 aliphatic carbocycles. The molecule has 0 bridgehead atoms. The van der Waals surface area contributed by atoms with Crippen LogP contribution in [0.5, 0.6) is 11.5 Å². The monoisotopic (exact) mass is 552 g/mol. The van der Waals surface area contributed by atoms with E-state index in [1.165, 1.54) is 11.1 Å². The molecule has 0 radical (unpaired) electrons. The number of ether oxygens (including phenoxy) is 3. The standard InChI is InChI=1S/C24H32N4O3.HI/c1-18-16-28(9-12-29-18)17-20-6-3-5-19(13-20)15-26-24(25-2)27-21-7-8-22-23(14-21)31-11-4-10-30-22;/h3,5-8,13-14,18H,4,9-12,15-17H2,1-2H3,(H2,25,26,27);1H. The SMILES string of the molecule is CN=C(NCc1cccc(CN2CCOC(C)C2)c1)Nc1ccc2c(c1)OCCCO2.I. The highest BCUT2D eigenvalue weighted by Crippen LogP contribution is 2.32. The van der Waals surface area contributed by atoms with Crippen LogP contribution < -0.4 is 20.1 Å². The van der Waals surface area contributed by atoms with Gasteiger partial charge in [0.15, 0.2) is 17.5 Å². The highest BCUT2D eigenvalue weighted by atomic mass is 127. The van der Waals surface area contributed by atoms with E-state index in [0.717, 1.165) is 49.8 Å². The summed E-state index contributed by atoms with van der Waals surface area (Å²) in [4.78, 5) is 6.80. The van der Waals surface area contributed by atoms with E-state index in [1.54, 1.807) is 7.05 Å². The number of nitrogens with one attached hydrogen (secondary N) is 2. The zero-order valence-corrected chi connectivity index (χ0v) is 21.1. The highest BCUT2D eigenvalue weighted by Gasteiger charge is 2.16. The summed E-state index contributed by atoms with van der Waals surface area (Å²) >= 11 is 0. The van der Waals surface area contributed by atoms with Gasteiger partial charge >= 0.3 is 0 Å². The number of benzene rings is 2. The second kappa shape index (κ2) is 12.3. The fraction of sp³-hybridized carbons (Fsp3) is 0.458. The molecule has 2 aromatic carbocycles. The number of hydrogen-bond donors (Lipinski definition) is 2. The number of aliphatic imine (C=N–C) groups is 1. The summed E-state index contributed by atoms with van der Waals surface area (Å²) in [5.74, 6) is 2.27. The average Bonchev–Trinajstić information content (AvgIpc) is 3.02. The van der Waals surface area contributed by atoms with Gasteiger partial charge in [-0.3, -0.25) is 9.89 Å². The number of nitrogens with zero attached hydrogens (tertiary/aromatic N) is 2. The summed E-state index contributed by atoms with van der Waals surface area (Å²) in [5, 5.41) is 6.73. The van der Waals surface area contributed by atoms with Crippen LogP contribution >= 0.6 is 24.0 Å². The number of guanidine groups is 1. The van der Waals surface area contributed by atoms with E-state index in [0.29, 0.717) is 31.8 Å². The molecule has 4 rings (SSSR count). The summed E-state index contributed by atoms with van der Waals surface area (Å²) in [6.45, 7) is 7.91. The third-order valence-electron chi connectivity index (χ3n) is 5.42. The second-order valence-corrected chi connectivity index (χ2v) is 8.00. The minimum absolute atomic E-state index is 0. The summed E-state index contributed by atoms with van der Waals surface area (Å²) in [6.07, 6.45) is 1.20. The van der Waals surface area contributed by atoms with Gasteiger partial charge in [0.2, 0.25) is 0 Å². The van der Waals surface area contributed by atoms with Gasteiger partial charge in [-0.15, -0.1) is 24.0 Å². The molecular weight excluding hydrogens is 519 g/mol. The summed E-state index contributed by atoms with van der Waals surface area (Å²) < 4.78 is 17.1. The Bertz CT molecular complexity index is 909. The molecule has 8 heteroatoms. The van der Waals surface area contributed by atoms with Crippen LogP contribution in [0.4, 0.5) is 5.69 Å². The molecule has 32 heavy (non-hydrogen) atoms. The van der Waals surface area contributed by atoms with Crippen molar-refractivity contribution in [2.24, 2.45) is 4.99 Å². The molecule has 2 N–H and O–H groups in total. The first-order valence-electron chi connectivity index (χ1n) is 11.0. The Morgan fingerprint density at radius 2 is 1.88 bits per heavy atom. The Kier molecular flexibility index (Phi) is 9.43. The lowest BCUT2D eigenvalue weighted by Gasteiger charge is -2.31. The van der Waals surface area contributed by atoms with Crippen molar-refractivity contribution in [1.29, 1.82) is 0 Å². The lowest BCUT2D eigenvalue weighted by Crippen LogP contribution is -2.40. The van der Waals surface area contributed by atoms with Crippen LogP contribution in [-0.2, 0) is 17.8 Å². The molecule has 2 aliphatic heterocycles. The Hall–Kier alpha value is -2.04. The average molecular weight is 552 g/mol. The van der Waals surface area contributed by atoms with Gasteiger partial charge in [0.05, 0.1) is 25.9 Å². The summed E-state index contributed by atoms with van der Waals surface area (Å²) in [7, 11) is 1.77. The Morgan fingerprint density at radius 1 is 1.06 bits per heavy atom. The predicted molar refractivity (Wildman–Crippen MR) is 138 cm³/mol. The fourth-order valence-corrected chi connectivity index (χ4v) is 3.87. The number of rotatable bonds is 5. The maximum absolute atomic E-state index is 5.78. The van der Waals surface area contributed by atoms with Crippen LogP contribution in [0.2, 0.25) is 0 Å². The van der Waals surface area contributed by atoms with E-state index in [2.05, 4.69) is 51.7 Å². The van der Waals surface area contributed by atoms with Gasteiger partial charge in [-0.05, 0) is 30.2 Å². The Labute approximate surface area is 207 Å². The topological polar surface area (TPSA) is 67.4 Å². The van der Waals surface area contributed by atoms with E-state index in [-0.39, 0.29) is 24.0 Å². The minimum atomic E-state index is 0. The van der Waals surface area contributed by atoms with E-state index < -0.39 is 0 Å². The molecule has 2 aromatic rings. The van der Waals surface area contributed by atoms with Crippen LogP contribution in [-0.4, -0.2) is 56.9 Å². The molecule has 0 saturated carbocycles. The zero-order chi connectivity index (χ0) is 21.5. The second-order valence-electron chi connectivity index (χ2n) is 8.00. The molecular formula is C24H33IN4O3. The van der Waals surface area contributed by atoms with Crippen molar-refractivity contribution in [3.05, 3.63) is 53.6 Å². The number of anilines is 1. The van der Waals surface area contributed by atoms with E-state index in [4.69, 9.17) is 14.2 Å². The quantitative estimate of drug-likeness (QED) is 0.334. The van der Waals surface area contributed by atoms with Gasteiger partial charge in [-0.1, -0.05) is 24.3 Å². The van der Waals surface area contributed by atoms with Crippen LogP contribution in [0.15, 0.2) is 47.5 Å². The first kappa shape index (κ1) is 24.6. The van der Waals surface area contributed by atoms with Gasteiger partial charge in [0.25, 0.3) is 0 Å². The smallest absolute Gasteiger partial charge is 0.195 e. The number of morpholine rings is 1. The molecule has 0 amide bonds. The van der Waals surface area contributed by atoms with E-state index >= 15 is 0 Å². The van der Waals surface area contributed by atoms with Crippen molar-refractivity contribution in [1.82, 2.24) is 10.2 Å². The molecule has 1 unspecified atom stereocenters. The lowest BCUT2D eigenvalue weighted by molar-refractivity contribution is -0.0212. The molecule has 2 aliphatic rings. The minimum Gasteiger partial charge on any atom is -0.490 e. The van der Waals surface area contributed by atoms with Gasteiger partial charge in [-0.25, -0.2) is 0 Å². The zero-order valence-electron chi connectivity index (χ0n) is 18.8. The maximum Gasteiger partial charge on any atom is 0.195 e. The third kappa shape index (κ3) is 6.98.